The van der Waals surface area contributed by atoms with E-state index in [4.69, 9.17) is 0 Å². The molecule has 0 aromatic heterocycles. The minimum absolute atomic E-state index is 0.449. The standard InChI is InChI=1S/C18H26OSSi/c1-18(2)13-10-11-15(16(18)12-13)17(20-19)21(3,4)14-8-6-5-7-9-14/h5-9,13,15-16H,10-12H2,1-4H3/t13-,15-,16-/m0/s1. The molecular weight excluding hydrogens is 292 g/mol. The van der Waals surface area contributed by atoms with E-state index >= 15 is 0 Å². The molecule has 0 radical (unpaired) electrons. The fourth-order valence-corrected chi connectivity index (χ4v) is 8.93. The summed E-state index contributed by atoms with van der Waals surface area (Å²) in [5, 5.41) is 1.41. The minimum Gasteiger partial charge on any atom is -0.213 e. The fourth-order valence-electron chi connectivity index (χ4n) is 4.75. The first-order valence-electron chi connectivity index (χ1n) is 8.11. The van der Waals surface area contributed by atoms with Crippen molar-refractivity contribution in [2.75, 3.05) is 0 Å². The van der Waals surface area contributed by atoms with Gasteiger partial charge in [0, 0.05) is 4.49 Å². The van der Waals surface area contributed by atoms with Crippen molar-refractivity contribution in [2.24, 2.45) is 23.2 Å². The van der Waals surface area contributed by atoms with Gasteiger partial charge in [-0.25, -0.2) is 4.21 Å². The molecular formula is C18H26OSSi. The van der Waals surface area contributed by atoms with Crippen LogP contribution in [0.3, 0.4) is 0 Å². The molecule has 0 aliphatic heterocycles. The van der Waals surface area contributed by atoms with Crippen LogP contribution >= 0.6 is 0 Å². The predicted octanol–water partition coefficient (Wildman–Crippen LogP) is 3.60. The zero-order chi connectivity index (χ0) is 15.3. The molecule has 0 heterocycles. The Hall–Kier alpha value is -0.673. The van der Waals surface area contributed by atoms with E-state index in [1.54, 1.807) is 0 Å². The first kappa shape index (κ1) is 15.2. The lowest BCUT2D eigenvalue weighted by atomic mass is 9.46. The van der Waals surface area contributed by atoms with Crippen LogP contribution in [0.5, 0.6) is 0 Å². The molecule has 3 fully saturated rings. The van der Waals surface area contributed by atoms with Crippen LogP contribution in [0.15, 0.2) is 30.3 Å². The molecule has 0 N–H and O–H groups in total. The number of hydrogen-bond donors (Lipinski definition) is 0. The number of benzene rings is 1. The summed E-state index contributed by atoms with van der Waals surface area (Å²) < 4.78 is 13.3. The van der Waals surface area contributed by atoms with Gasteiger partial charge in [-0.3, -0.25) is 0 Å². The lowest BCUT2D eigenvalue weighted by molar-refractivity contribution is -0.0837. The van der Waals surface area contributed by atoms with Crippen LogP contribution < -0.4 is 5.19 Å². The van der Waals surface area contributed by atoms with Crippen LogP contribution in [0, 0.1) is 23.2 Å². The van der Waals surface area contributed by atoms with E-state index in [0.29, 0.717) is 11.3 Å². The third-order valence-electron chi connectivity index (χ3n) is 6.40. The second-order valence-corrected chi connectivity index (χ2v) is 13.3. The van der Waals surface area contributed by atoms with Crippen molar-refractivity contribution in [1.29, 1.82) is 0 Å². The zero-order valence-electron chi connectivity index (χ0n) is 13.6. The molecule has 0 unspecified atom stereocenters. The van der Waals surface area contributed by atoms with Crippen molar-refractivity contribution >= 4 is 29.0 Å². The van der Waals surface area contributed by atoms with Crippen molar-refractivity contribution in [2.45, 2.75) is 46.2 Å². The van der Waals surface area contributed by atoms with Crippen molar-refractivity contribution in [1.82, 2.24) is 0 Å². The summed E-state index contributed by atoms with van der Waals surface area (Å²) in [6, 6.07) is 10.7. The van der Waals surface area contributed by atoms with Crippen LogP contribution in [0.2, 0.25) is 13.1 Å². The Kier molecular flexibility index (Phi) is 3.77. The normalized spacial score (nSPS) is 30.4. The summed E-state index contributed by atoms with van der Waals surface area (Å²) in [6.45, 7) is 9.56. The molecule has 0 amide bonds. The maximum absolute atomic E-state index is 12.0. The second-order valence-electron chi connectivity index (χ2n) is 7.98. The molecule has 0 spiro atoms. The van der Waals surface area contributed by atoms with Gasteiger partial charge >= 0.3 is 0 Å². The smallest absolute Gasteiger partial charge is 0.124 e. The van der Waals surface area contributed by atoms with Crippen molar-refractivity contribution < 1.29 is 4.21 Å². The van der Waals surface area contributed by atoms with Gasteiger partial charge in [-0.1, -0.05) is 62.5 Å². The van der Waals surface area contributed by atoms with Crippen LogP contribution in [0.25, 0.3) is 0 Å². The average Bonchev–Trinajstić information content (AvgIpc) is 2.48. The van der Waals surface area contributed by atoms with Gasteiger partial charge < -0.3 is 0 Å². The maximum atomic E-state index is 12.0. The highest BCUT2D eigenvalue weighted by molar-refractivity contribution is 7.73. The van der Waals surface area contributed by atoms with Gasteiger partial charge in [-0.05, 0) is 42.4 Å². The fraction of sp³-hybridized carbons (Fsp3) is 0.611. The van der Waals surface area contributed by atoms with Crippen LogP contribution in [0.4, 0.5) is 0 Å². The number of hydrogen-bond acceptors (Lipinski definition) is 1. The Morgan fingerprint density at radius 1 is 1.19 bits per heavy atom. The monoisotopic (exact) mass is 318 g/mol. The SMILES string of the molecule is CC1(C)[C@H]2CC[C@H](C(=S=O)[Si](C)(C)c3ccccc3)[C@@H]1C2. The van der Waals surface area contributed by atoms with Crippen molar-refractivity contribution in [3.8, 4) is 0 Å². The average molecular weight is 319 g/mol. The third kappa shape index (κ3) is 2.29. The van der Waals surface area contributed by atoms with E-state index in [-0.39, 0.29) is 0 Å². The summed E-state index contributed by atoms with van der Waals surface area (Å²) in [6.07, 6.45) is 3.91. The first-order valence-corrected chi connectivity index (χ1v) is 11.9. The molecule has 3 atom stereocenters. The molecule has 3 aliphatic carbocycles. The van der Waals surface area contributed by atoms with Gasteiger partial charge in [-0.2, -0.15) is 0 Å². The van der Waals surface area contributed by atoms with Gasteiger partial charge in [0.15, 0.2) is 0 Å². The van der Waals surface area contributed by atoms with Gasteiger partial charge in [0.25, 0.3) is 0 Å². The molecule has 0 saturated heterocycles. The van der Waals surface area contributed by atoms with E-state index in [0.717, 1.165) is 23.1 Å². The number of rotatable bonds is 3. The molecule has 3 heteroatoms. The Morgan fingerprint density at radius 2 is 1.86 bits per heavy atom. The summed E-state index contributed by atoms with van der Waals surface area (Å²) in [4.78, 5) is 0. The molecule has 2 bridgehead atoms. The van der Waals surface area contributed by atoms with Crippen LogP contribution in [-0.4, -0.2) is 16.8 Å². The molecule has 3 aliphatic rings. The molecule has 114 valence electrons. The molecule has 3 saturated carbocycles. The molecule has 21 heavy (non-hydrogen) atoms. The Balaban J connectivity index is 1.95. The van der Waals surface area contributed by atoms with Gasteiger partial charge in [0.05, 0.1) is 11.3 Å². The van der Waals surface area contributed by atoms with Gasteiger partial charge in [-0.15, -0.1) is 0 Å². The number of fused-ring (bicyclic) bond motifs is 2. The minimum atomic E-state index is -1.81. The van der Waals surface area contributed by atoms with Gasteiger partial charge in [0.2, 0.25) is 0 Å². The Bertz CT molecular complexity index is 584. The Morgan fingerprint density at radius 3 is 2.38 bits per heavy atom. The van der Waals surface area contributed by atoms with Crippen LogP contribution in [-0.2, 0) is 11.3 Å². The van der Waals surface area contributed by atoms with Crippen molar-refractivity contribution in [3.63, 3.8) is 0 Å². The second kappa shape index (κ2) is 5.20. The lowest BCUT2D eigenvalue weighted by Gasteiger charge is -2.61. The maximum Gasteiger partial charge on any atom is 0.124 e. The molecule has 1 nitrogen and oxygen atoms in total. The summed E-state index contributed by atoms with van der Waals surface area (Å²) in [5.74, 6) is 2.19. The molecule has 4 rings (SSSR count). The summed E-state index contributed by atoms with van der Waals surface area (Å²) in [7, 11) is -1.81. The lowest BCUT2D eigenvalue weighted by Crippen LogP contribution is -2.60. The first-order chi connectivity index (χ1) is 9.89. The third-order valence-corrected chi connectivity index (χ3v) is 12.0. The van der Waals surface area contributed by atoms with E-state index in [2.05, 4.69) is 57.3 Å². The largest absolute Gasteiger partial charge is 0.213 e. The molecule has 1 aromatic rings. The topological polar surface area (TPSA) is 17.1 Å². The predicted molar refractivity (Wildman–Crippen MR) is 94.8 cm³/mol. The highest BCUT2D eigenvalue weighted by Gasteiger charge is 2.56. The van der Waals surface area contributed by atoms with Gasteiger partial charge in [0.1, 0.15) is 8.07 Å². The highest BCUT2D eigenvalue weighted by atomic mass is 32.1. The quantitative estimate of drug-likeness (QED) is 0.615. The van der Waals surface area contributed by atoms with E-state index in [1.165, 1.54) is 28.9 Å². The van der Waals surface area contributed by atoms with Crippen molar-refractivity contribution in [3.05, 3.63) is 30.3 Å². The summed E-state index contributed by atoms with van der Waals surface area (Å²) in [5.41, 5.74) is 0.449. The van der Waals surface area contributed by atoms with E-state index in [1.807, 2.05) is 0 Å². The summed E-state index contributed by atoms with van der Waals surface area (Å²) >= 11 is 0.836. The molecule has 1 aromatic carbocycles. The van der Waals surface area contributed by atoms with E-state index < -0.39 is 8.07 Å². The van der Waals surface area contributed by atoms with Crippen LogP contribution in [0.1, 0.15) is 33.1 Å². The zero-order valence-corrected chi connectivity index (χ0v) is 15.4. The Labute approximate surface area is 133 Å². The van der Waals surface area contributed by atoms with E-state index in [9.17, 15) is 4.21 Å². The highest BCUT2D eigenvalue weighted by Crippen LogP contribution is 2.61.